The van der Waals surface area contributed by atoms with Crippen LogP contribution in [-0.2, 0) is 21.3 Å². The summed E-state index contributed by atoms with van der Waals surface area (Å²) in [5, 5.41) is 0. The van der Waals surface area contributed by atoms with Crippen LogP contribution in [0.3, 0.4) is 0 Å². The number of benzene rings is 1. The van der Waals surface area contributed by atoms with Crippen LogP contribution in [0.1, 0.15) is 5.56 Å². The Morgan fingerprint density at radius 3 is 2.74 bits per heavy atom. The minimum absolute atomic E-state index is 0.0462. The second kappa shape index (κ2) is 7.14. The number of H-pyrrole nitrogens is 1. The maximum atomic E-state index is 12.5. The van der Waals surface area contributed by atoms with E-state index in [4.69, 9.17) is 9.15 Å². The first-order valence-corrected chi connectivity index (χ1v) is 9.90. The molecule has 1 fully saturated rings. The Kier molecular flexibility index (Phi) is 4.68. The molecule has 0 spiro atoms. The fraction of sp³-hybridized carbons (Fsp3) is 0.294. The number of hydrogen-bond acceptors (Lipinski definition) is 7. The van der Waals surface area contributed by atoms with Gasteiger partial charge in [0.1, 0.15) is 5.82 Å². The van der Waals surface area contributed by atoms with Crippen LogP contribution in [0, 0.1) is 0 Å². The van der Waals surface area contributed by atoms with Gasteiger partial charge in [-0.05, 0) is 29.8 Å². The maximum Gasteiger partial charge on any atom is 0.417 e. The second-order valence-electron chi connectivity index (χ2n) is 6.12. The van der Waals surface area contributed by atoms with Crippen LogP contribution in [-0.4, -0.2) is 44.7 Å². The predicted molar refractivity (Wildman–Crippen MR) is 98.1 cm³/mol. The smallest absolute Gasteiger partial charge is 0.408 e. The van der Waals surface area contributed by atoms with E-state index in [1.165, 1.54) is 18.2 Å². The fourth-order valence-corrected chi connectivity index (χ4v) is 3.90. The third-order valence-corrected chi connectivity index (χ3v) is 5.71. The first kappa shape index (κ1) is 17.7. The quantitative estimate of drug-likeness (QED) is 0.662. The van der Waals surface area contributed by atoms with Crippen molar-refractivity contribution in [1.29, 1.82) is 0 Å². The van der Waals surface area contributed by atoms with E-state index in [0.717, 1.165) is 24.5 Å². The molecule has 10 heteroatoms. The molecule has 1 saturated heterocycles. The van der Waals surface area contributed by atoms with Crippen LogP contribution >= 0.6 is 0 Å². The standard InChI is InChI=1S/C17H18N4O5S/c22-17-20-14-9-13(2-3-15(14)26-17)27(23,24)19-11-12-1-4-16(18-10-12)21-5-7-25-8-6-21/h1-4,9-10,19H,5-8,11H2,(H,20,22). The molecular formula is C17H18N4O5S. The summed E-state index contributed by atoms with van der Waals surface area (Å²) in [6, 6.07) is 7.92. The molecule has 0 atom stereocenters. The maximum absolute atomic E-state index is 12.5. The number of morpholine rings is 1. The van der Waals surface area contributed by atoms with Crippen molar-refractivity contribution in [2.75, 3.05) is 31.2 Å². The Bertz CT molecular complexity index is 1100. The second-order valence-corrected chi connectivity index (χ2v) is 7.89. The van der Waals surface area contributed by atoms with Crippen LogP contribution in [0.15, 0.2) is 50.6 Å². The first-order chi connectivity index (χ1) is 13.0. The number of aromatic amines is 1. The number of aromatic nitrogens is 2. The van der Waals surface area contributed by atoms with Crippen LogP contribution in [0.4, 0.5) is 5.82 Å². The van der Waals surface area contributed by atoms with Crippen molar-refractivity contribution in [1.82, 2.24) is 14.7 Å². The van der Waals surface area contributed by atoms with Crippen LogP contribution in [0.25, 0.3) is 11.1 Å². The van der Waals surface area contributed by atoms with Gasteiger partial charge < -0.3 is 14.1 Å². The zero-order valence-electron chi connectivity index (χ0n) is 14.3. The lowest BCUT2D eigenvalue weighted by Gasteiger charge is -2.27. The number of nitrogens with one attached hydrogen (secondary N) is 2. The molecule has 1 aliphatic rings. The summed E-state index contributed by atoms with van der Waals surface area (Å²) in [5.41, 5.74) is 1.38. The third-order valence-electron chi connectivity index (χ3n) is 4.31. The number of anilines is 1. The van der Waals surface area contributed by atoms with E-state index < -0.39 is 15.8 Å². The van der Waals surface area contributed by atoms with Gasteiger partial charge in [0.25, 0.3) is 0 Å². The molecule has 9 nitrogen and oxygen atoms in total. The van der Waals surface area contributed by atoms with Gasteiger partial charge in [-0.2, -0.15) is 0 Å². The summed E-state index contributed by atoms with van der Waals surface area (Å²) in [7, 11) is -3.74. The van der Waals surface area contributed by atoms with Gasteiger partial charge in [0.2, 0.25) is 10.0 Å². The fourth-order valence-electron chi connectivity index (χ4n) is 2.86. The molecule has 0 unspecified atom stereocenters. The number of pyridine rings is 1. The van der Waals surface area contributed by atoms with Gasteiger partial charge in [0.15, 0.2) is 5.58 Å². The van der Waals surface area contributed by atoms with E-state index in [-0.39, 0.29) is 11.4 Å². The first-order valence-electron chi connectivity index (χ1n) is 8.41. The summed E-state index contributed by atoms with van der Waals surface area (Å²) in [4.78, 5) is 20.2. The van der Waals surface area contributed by atoms with E-state index in [1.807, 2.05) is 12.1 Å². The van der Waals surface area contributed by atoms with Gasteiger partial charge in [-0.15, -0.1) is 0 Å². The Morgan fingerprint density at radius 2 is 2.00 bits per heavy atom. The number of nitrogens with zero attached hydrogens (tertiary/aromatic N) is 2. The third kappa shape index (κ3) is 3.87. The number of rotatable bonds is 5. The van der Waals surface area contributed by atoms with Crippen molar-refractivity contribution < 1.29 is 17.6 Å². The van der Waals surface area contributed by atoms with Crippen molar-refractivity contribution in [2.45, 2.75) is 11.4 Å². The molecule has 1 aliphatic heterocycles. The molecule has 2 aromatic heterocycles. The summed E-state index contributed by atoms with van der Waals surface area (Å²) in [6.45, 7) is 3.04. The van der Waals surface area contributed by atoms with Crippen LogP contribution < -0.4 is 15.4 Å². The average molecular weight is 390 g/mol. The summed E-state index contributed by atoms with van der Waals surface area (Å²) >= 11 is 0. The molecule has 2 N–H and O–H groups in total. The number of oxazole rings is 1. The van der Waals surface area contributed by atoms with E-state index in [2.05, 4.69) is 19.6 Å². The minimum atomic E-state index is -3.74. The molecule has 3 aromatic rings. The molecule has 142 valence electrons. The molecule has 3 heterocycles. The summed E-state index contributed by atoms with van der Waals surface area (Å²) < 4.78 is 37.7. The largest absolute Gasteiger partial charge is 0.417 e. The van der Waals surface area contributed by atoms with E-state index in [1.54, 1.807) is 6.20 Å². The lowest BCUT2D eigenvalue weighted by molar-refractivity contribution is 0.122. The highest BCUT2D eigenvalue weighted by atomic mass is 32.2. The van der Waals surface area contributed by atoms with E-state index in [9.17, 15) is 13.2 Å². The monoisotopic (exact) mass is 390 g/mol. The van der Waals surface area contributed by atoms with Gasteiger partial charge in [-0.3, -0.25) is 4.98 Å². The Balaban J connectivity index is 1.45. The minimum Gasteiger partial charge on any atom is -0.408 e. The van der Waals surface area contributed by atoms with Gasteiger partial charge in [0, 0.05) is 25.8 Å². The molecule has 0 radical (unpaired) electrons. The normalized spacial score (nSPS) is 15.3. The van der Waals surface area contributed by atoms with Gasteiger partial charge in [-0.25, -0.2) is 22.9 Å². The highest BCUT2D eigenvalue weighted by Gasteiger charge is 2.16. The molecule has 0 bridgehead atoms. The van der Waals surface area contributed by atoms with Gasteiger partial charge in [-0.1, -0.05) is 6.07 Å². The van der Waals surface area contributed by atoms with Crippen molar-refractivity contribution in [2.24, 2.45) is 0 Å². The SMILES string of the molecule is O=c1[nH]c2cc(S(=O)(=O)NCc3ccc(N4CCOCC4)nc3)ccc2o1. The summed E-state index contributed by atoms with van der Waals surface area (Å²) in [5.74, 6) is 0.221. The number of sulfonamides is 1. The highest BCUT2D eigenvalue weighted by molar-refractivity contribution is 7.89. The van der Waals surface area contributed by atoms with Crippen molar-refractivity contribution in [3.05, 3.63) is 52.6 Å². The molecule has 0 aliphatic carbocycles. The Morgan fingerprint density at radius 1 is 1.19 bits per heavy atom. The highest BCUT2D eigenvalue weighted by Crippen LogP contribution is 2.17. The van der Waals surface area contributed by atoms with E-state index >= 15 is 0 Å². The molecule has 27 heavy (non-hydrogen) atoms. The lowest BCUT2D eigenvalue weighted by Crippen LogP contribution is -2.36. The number of hydrogen-bond donors (Lipinski definition) is 2. The van der Waals surface area contributed by atoms with Gasteiger partial charge in [0.05, 0.1) is 23.6 Å². The number of fused-ring (bicyclic) bond motifs is 1. The Hall–Kier alpha value is -2.69. The molecule has 0 amide bonds. The lowest BCUT2D eigenvalue weighted by atomic mass is 10.3. The molecule has 0 saturated carbocycles. The molecular weight excluding hydrogens is 372 g/mol. The predicted octanol–water partition coefficient (Wildman–Crippen LogP) is 0.831. The van der Waals surface area contributed by atoms with Crippen molar-refractivity contribution in [3.8, 4) is 0 Å². The zero-order chi connectivity index (χ0) is 18.9. The van der Waals surface area contributed by atoms with Crippen LogP contribution in [0.5, 0.6) is 0 Å². The average Bonchev–Trinajstić information content (AvgIpc) is 3.07. The van der Waals surface area contributed by atoms with Crippen molar-refractivity contribution in [3.63, 3.8) is 0 Å². The zero-order valence-corrected chi connectivity index (χ0v) is 15.2. The summed E-state index contributed by atoms with van der Waals surface area (Å²) in [6.07, 6.45) is 1.66. The topological polar surface area (TPSA) is 118 Å². The van der Waals surface area contributed by atoms with Gasteiger partial charge >= 0.3 is 5.76 Å². The van der Waals surface area contributed by atoms with E-state index in [0.29, 0.717) is 24.3 Å². The number of ether oxygens (including phenoxy) is 1. The molecule has 4 rings (SSSR count). The van der Waals surface area contributed by atoms with Crippen molar-refractivity contribution >= 4 is 26.9 Å². The Labute approximate surface area is 155 Å². The molecule has 1 aromatic carbocycles. The van der Waals surface area contributed by atoms with Crippen LogP contribution in [0.2, 0.25) is 0 Å².